The van der Waals surface area contributed by atoms with Crippen LogP contribution in [0.15, 0.2) is 73.2 Å². The monoisotopic (exact) mass is 495 g/mol. The molecule has 0 bridgehead atoms. The third-order valence-electron chi connectivity index (χ3n) is 6.15. The Morgan fingerprint density at radius 3 is 2.49 bits per heavy atom. The van der Waals surface area contributed by atoms with Crippen molar-refractivity contribution in [2.75, 3.05) is 17.7 Å². The molecule has 37 heavy (non-hydrogen) atoms. The Labute approximate surface area is 215 Å². The third kappa shape index (κ3) is 4.88. The zero-order chi connectivity index (χ0) is 26.2. The maximum Gasteiger partial charge on any atom is 0.324 e. The van der Waals surface area contributed by atoms with Crippen LogP contribution >= 0.6 is 0 Å². The summed E-state index contributed by atoms with van der Waals surface area (Å²) < 4.78 is 8.88. The van der Waals surface area contributed by atoms with Gasteiger partial charge in [-0.25, -0.2) is 9.48 Å². The average Bonchev–Trinajstić information content (AvgIpc) is 3.48. The molecule has 0 saturated heterocycles. The molecule has 0 radical (unpaired) electrons. The number of carbonyl (C=O) groups is 1. The van der Waals surface area contributed by atoms with Crippen LogP contribution in [0.1, 0.15) is 26.5 Å². The lowest BCUT2D eigenvalue weighted by Gasteiger charge is -2.14. The molecule has 0 aliphatic carbocycles. The molecule has 188 valence electrons. The lowest BCUT2D eigenvalue weighted by Crippen LogP contribution is -2.21. The second kappa shape index (κ2) is 9.42. The summed E-state index contributed by atoms with van der Waals surface area (Å²) in [4.78, 5) is 17.3. The summed E-state index contributed by atoms with van der Waals surface area (Å²) in [6, 6.07) is 16.7. The van der Waals surface area contributed by atoms with Crippen LogP contribution in [0.4, 0.5) is 16.3 Å². The van der Waals surface area contributed by atoms with Gasteiger partial charge in [0.25, 0.3) is 0 Å². The highest BCUT2D eigenvalue weighted by molar-refractivity contribution is 6.00. The largest absolute Gasteiger partial charge is 0.497 e. The first-order valence-corrected chi connectivity index (χ1v) is 11.9. The van der Waals surface area contributed by atoms with Gasteiger partial charge in [-0.1, -0.05) is 39.0 Å². The van der Waals surface area contributed by atoms with E-state index in [0.717, 1.165) is 33.4 Å². The van der Waals surface area contributed by atoms with E-state index in [-0.39, 0.29) is 11.4 Å². The molecule has 2 N–H and O–H groups in total. The van der Waals surface area contributed by atoms with Crippen LogP contribution in [0.5, 0.6) is 5.75 Å². The van der Waals surface area contributed by atoms with Gasteiger partial charge in [-0.3, -0.25) is 15.0 Å². The number of benzene rings is 2. The molecule has 0 unspecified atom stereocenters. The zero-order valence-electron chi connectivity index (χ0n) is 21.5. The quantitative estimate of drug-likeness (QED) is 0.322. The van der Waals surface area contributed by atoms with Crippen molar-refractivity contribution in [3.05, 3.63) is 78.9 Å². The van der Waals surface area contributed by atoms with Crippen LogP contribution in [-0.2, 0) is 12.5 Å². The number of methoxy groups -OCH3 is 1. The van der Waals surface area contributed by atoms with Crippen molar-refractivity contribution < 1.29 is 9.53 Å². The molecule has 5 rings (SSSR count). The van der Waals surface area contributed by atoms with Crippen LogP contribution in [0.25, 0.3) is 27.7 Å². The average molecular weight is 496 g/mol. The Kier molecular flexibility index (Phi) is 6.12. The van der Waals surface area contributed by atoms with Gasteiger partial charge in [0.1, 0.15) is 11.6 Å². The molecule has 5 aromatic rings. The zero-order valence-corrected chi connectivity index (χ0v) is 21.5. The molecule has 9 nitrogen and oxygen atoms in total. The molecule has 3 aromatic heterocycles. The number of aromatic nitrogens is 5. The second-order valence-electron chi connectivity index (χ2n) is 9.82. The van der Waals surface area contributed by atoms with Crippen LogP contribution in [-0.4, -0.2) is 37.7 Å². The summed E-state index contributed by atoms with van der Waals surface area (Å²) in [6.45, 7) is 6.24. The van der Waals surface area contributed by atoms with Crippen molar-refractivity contribution in [2.24, 2.45) is 7.05 Å². The number of hydrogen-bond donors (Lipinski definition) is 2. The topological polar surface area (TPSA) is 98.9 Å². The van der Waals surface area contributed by atoms with Crippen molar-refractivity contribution in [1.29, 1.82) is 0 Å². The molecule has 9 heteroatoms. The number of aryl methyl sites for hydroxylation is 1. The fourth-order valence-corrected chi connectivity index (χ4v) is 4.08. The third-order valence-corrected chi connectivity index (χ3v) is 6.15. The van der Waals surface area contributed by atoms with Crippen molar-refractivity contribution in [2.45, 2.75) is 26.2 Å². The maximum absolute atomic E-state index is 13.0. The lowest BCUT2D eigenvalue weighted by molar-refractivity contribution is 0.262. The number of fused-ring (bicyclic) bond motifs is 1. The number of ether oxygens (including phenoxy) is 1. The number of amides is 2. The van der Waals surface area contributed by atoms with E-state index in [1.54, 1.807) is 22.7 Å². The predicted octanol–water partition coefficient (Wildman–Crippen LogP) is 5.77. The number of carbonyl (C=O) groups excluding carboxylic acids is 1. The van der Waals surface area contributed by atoms with E-state index < -0.39 is 0 Å². The minimum atomic E-state index is -0.367. The number of rotatable bonds is 5. The molecule has 0 aliphatic heterocycles. The number of nitrogens with one attached hydrogen (secondary N) is 2. The number of nitrogens with zero attached hydrogens (tertiary/aromatic N) is 5. The predicted molar refractivity (Wildman–Crippen MR) is 145 cm³/mol. The smallest absolute Gasteiger partial charge is 0.324 e. The molecule has 0 fully saturated rings. The first-order valence-electron chi connectivity index (χ1n) is 11.9. The Bertz CT molecular complexity index is 1580. The van der Waals surface area contributed by atoms with Gasteiger partial charge < -0.3 is 10.1 Å². The lowest BCUT2D eigenvalue weighted by atomic mass is 9.92. The van der Waals surface area contributed by atoms with Gasteiger partial charge in [0.2, 0.25) is 0 Å². The SMILES string of the molecule is COc1cccc(-n2nc(C(C)(C)C)cc2NC(=O)Nc2ccc(-c3cncc4c3cnn4C)cc2)c1. The standard InChI is InChI=1S/C28H29N7O2/c1-28(2,3)25-14-26(35(33-25)20-7-6-8-21(13-20)37-5)32-27(36)31-19-11-9-18(10-12-19)22-15-29-17-24-23(22)16-30-34(24)4/h6-17H,1-5H3,(H2,31,32,36). The van der Waals surface area contributed by atoms with Gasteiger partial charge >= 0.3 is 6.03 Å². The maximum atomic E-state index is 13.0. The fourth-order valence-electron chi connectivity index (χ4n) is 4.08. The molecule has 2 amide bonds. The summed E-state index contributed by atoms with van der Waals surface area (Å²) in [7, 11) is 3.51. The Morgan fingerprint density at radius 2 is 1.76 bits per heavy atom. The van der Waals surface area contributed by atoms with Crippen LogP contribution < -0.4 is 15.4 Å². The summed E-state index contributed by atoms with van der Waals surface area (Å²) in [5.41, 5.74) is 5.04. The van der Waals surface area contributed by atoms with E-state index in [1.165, 1.54) is 0 Å². The van der Waals surface area contributed by atoms with Crippen molar-refractivity contribution in [3.63, 3.8) is 0 Å². The summed E-state index contributed by atoms with van der Waals surface area (Å²) in [6.07, 6.45) is 5.46. The molecule has 0 spiro atoms. The van der Waals surface area contributed by atoms with Gasteiger partial charge in [0, 0.05) is 47.4 Å². The van der Waals surface area contributed by atoms with Gasteiger partial charge in [-0.05, 0) is 29.8 Å². The number of hydrogen-bond acceptors (Lipinski definition) is 5. The van der Waals surface area contributed by atoms with Crippen LogP contribution in [0, 0.1) is 0 Å². The highest BCUT2D eigenvalue weighted by atomic mass is 16.5. The van der Waals surface area contributed by atoms with Gasteiger partial charge in [0.05, 0.1) is 36.4 Å². The highest BCUT2D eigenvalue weighted by Gasteiger charge is 2.22. The van der Waals surface area contributed by atoms with Crippen molar-refractivity contribution in [3.8, 4) is 22.6 Å². The normalized spacial score (nSPS) is 11.5. The second-order valence-corrected chi connectivity index (χ2v) is 9.82. The molecule has 2 aromatic carbocycles. The molecule has 0 atom stereocenters. The Balaban J connectivity index is 1.37. The summed E-state index contributed by atoms with van der Waals surface area (Å²) >= 11 is 0. The molecule has 0 aliphatic rings. The van der Waals surface area contributed by atoms with Gasteiger partial charge in [0.15, 0.2) is 0 Å². The number of anilines is 2. The summed E-state index contributed by atoms with van der Waals surface area (Å²) in [5, 5.41) is 16.0. The van der Waals surface area contributed by atoms with E-state index >= 15 is 0 Å². The van der Waals surface area contributed by atoms with Gasteiger partial charge in [-0.15, -0.1) is 0 Å². The molecule has 3 heterocycles. The van der Waals surface area contributed by atoms with Crippen molar-refractivity contribution in [1.82, 2.24) is 24.5 Å². The first kappa shape index (κ1) is 24.1. The molecular weight excluding hydrogens is 466 g/mol. The molecular formula is C28H29N7O2. The summed E-state index contributed by atoms with van der Waals surface area (Å²) in [5.74, 6) is 1.26. The first-order chi connectivity index (χ1) is 17.7. The number of pyridine rings is 1. The van der Waals surface area contributed by atoms with Crippen LogP contribution in [0.3, 0.4) is 0 Å². The Hall–Kier alpha value is -4.66. The van der Waals surface area contributed by atoms with E-state index in [4.69, 9.17) is 9.84 Å². The van der Waals surface area contributed by atoms with E-state index in [9.17, 15) is 4.79 Å². The van der Waals surface area contributed by atoms with Gasteiger partial charge in [-0.2, -0.15) is 10.2 Å². The van der Waals surface area contributed by atoms with E-state index in [2.05, 4.69) is 41.5 Å². The van der Waals surface area contributed by atoms with E-state index in [1.807, 2.05) is 74.0 Å². The fraction of sp³-hybridized carbons (Fsp3) is 0.214. The highest BCUT2D eigenvalue weighted by Crippen LogP contribution is 2.29. The minimum Gasteiger partial charge on any atom is -0.497 e. The number of urea groups is 1. The Morgan fingerprint density at radius 1 is 0.973 bits per heavy atom. The molecule has 0 saturated carbocycles. The minimum absolute atomic E-state index is 0.196. The van der Waals surface area contributed by atoms with E-state index in [0.29, 0.717) is 17.3 Å². The van der Waals surface area contributed by atoms with Crippen molar-refractivity contribution >= 4 is 28.4 Å². The van der Waals surface area contributed by atoms with Crippen LogP contribution in [0.2, 0.25) is 0 Å².